The maximum absolute atomic E-state index is 12.1. The number of rotatable bonds is 10. The fourth-order valence-electron chi connectivity index (χ4n) is 2.26. The molecule has 0 saturated carbocycles. The molecule has 0 aliphatic heterocycles. The Balaban J connectivity index is 1.88. The summed E-state index contributed by atoms with van der Waals surface area (Å²) in [6, 6.07) is 13.0. The summed E-state index contributed by atoms with van der Waals surface area (Å²) < 4.78 is 5.46. The Morgan fingerprint density at radius 3 is 2.41 bits per heavy atom. The second-order valence-electron chi connectivity index (χ2n) is 5.56. The molecule has 142 valence electrons. The third-order valence-corrected chi connectivity index (χ3v) is 3.54. The maximum atomic E-state index is 12.1. The van der Waals surface area contributed by atoms with E-state index < -0.39 is 10.8 Å². The smallest absolute Gasteiger partial charge is 0.292 e. The molecular weight excluding hydrogens is 352 g/mol. The lowest BCUT2D eigenvalue weighted by Crippen LogP contribution is -2.18. The molecule has 0 heterocycles. The van der Waals surface area contributed by atoms with Crippen molar-refractivity contribution in [1.29, 1.82) is 0 Å². The van der Waals surface area contributed by atoms with Gasteiger partial charge in [-0.15, -0.1) is 0 Å². The minimum atomic E-state index is -0.484. The summed E-state index contributed by atoms with van der Waals surface area (Å²) in [4.78, 5) is 33.4. The zero-order valence-corrected chi connectivity index (χ0v) is 14.5. The second-order valence-corrected chi connectivity index (χ2v) is 5.56. The van der Waals surface area contributed by atoms with Crippen molar-refractivity contribution < 1.29 is 19.2 Å². The molecule has 2 aromatic rings. The van der Waals surface area contributed by atoms with Gasteiger partial charge in [0.15, 0.2) is 0 Å². The normalized spacial score (nSPS) is 10.1. The molecule has 0 aliphatic carbocycles. The summed E-state index contributed by atoms with van der Waals surface area (Å²) >= 11 is 0. The number of nitrogens with one attached hydrogen (secondary N) is 2. The van der Waals surface area contributed by atoms with E-state index in [1.165, 1.54) is 6.07 Å². The van der Waals surface area contributed by atoms with Gasteiger partial charge in [-0.05, 0) is 18.2 Å². The van der Waals surface area contributed by atoms with Crippen LogP contribution in [0, 0.1) is 10.1 Å². The van der Waals surface area contributed by atoms with Gasteiger partial charge < -0.3 is 21.1 Å². The van der Waals surface area contributed by atoms with Gasteiger partial charge in [0.05, 0.1) is 23.6 Å². The number of primary amides is 1. The Bertz CT molecular complexity index is 825. The van der Waals surface area contributed by atoms with Crippen LogP contribution < -0.4 is 21.1 Å². The van der Waals surface area contributed by atoms with Crippen molar-refractivity contribution in [3.05, 3.63) is 58.6 Å². The largest absolute Gasteiger partial charge is 0.491 e. The summed E-state index contributed by atoms with van der Waals surface area (Å²) in [5.41, 5.74) is 5.84. The predicted molar refractivity (Wildman–Crippen MR) is 101 cm³/mol. The third kappa shape index (κ3) is 6.31. The van der Waals surface area contributed by atoms with E-state index in [0.29, 0.717) is 17.1 Å². The molecule has 0 spiro atoms. The molecule has 0 bridgehead atoms. The van der Waals surface area contributed by atoms with Crippen LogP contribution in [0.5, 0.6) is 5.75 Å². The molecule has 0 atom stereocenters. The van der Waals surface area contributed by atoms with Gasteiger partial charge in [-0.3, -0.25) is 19.7 Å². The molecule has 2 aromatic carbocycles. The number of hydrogen-bond donors (Lipinski definition) is 3. The number of ether oxygens (including phenoxy) is 1. The Kier molecular flexibility index (Phi) is 7.12. The van der Waals surface area contributed by atoms with Gasteiger partial charge in [0.25, 0.3) is 5.69 Å². The van der Waals surface area contributed by atoms with E-state index in [2.05, 4.69) is 10.6 Å². The Hall–Kier alpha value is -3.62. The van der Waals surface area contributed by atoms with E-state index in [4.69, 9.17) is 10.5 Å². The quantitative estimate of drug-likeness (QED) is 0.432. The first-order valence-corrected chi connectivity index (χ1v) is 8.24. The van der Waals surface area contributed by atoms with E-state index in [-0.39, 0.29) is 37.6 Å². The van der Waals surface area contributed by atoms with E-state index in [1.54, 1.807) is 42.5 Å². The fourth-order valence-corrected chi connectivity index (χ4v) is 2.26. The number of anilines is 2. The lowest BCUT2D eigenvalue weighted by Gasteiger charge is -2.12. The number of para-hydroxylation sites is 4. The number of amides is 2. The average molecular weight is 372 g/mol. The Morgan fingerprint density at radius 1 is 1.04 bits per heavy atom. The first-order chi connectivity index (χ1) is 13.0. The van der Waals surface area contributed by atoms with Crippen LogP contribution >= 0.6 is 0 Å². The molecule has 0 saturated heterocycles. The number of nitro benzene ring substituents is 1. The lowest BCUT2D eigenvalue weighted by atomic mass is 10.2. The zero-order valence-electron chi connectivity index (χ0n) is 14.5. The highest BCUT2D eigenvalue weighted by atomic mass is 16.6. The third-order valence-electron chi connectivity index (χ3n) is 3.54. The standard InChI is InChI=1S/C18H20N4O5/c19-17(23)10-12-27-16-8-4-2-6-14(16)21-18(24)9-11-20-13-5-1-3-7-15(13)22(25)26/h1-8,20H,9-12H2,(H2,19,23)(H,21,24). The van der Waals surface area contributed by atoms with Crippen molar-refractivity contribution in [2.75, 3.05) is 23.8 Å². The molecule has 2 rings (SSSR count). The molecule has 9 heteroatoms. The van der Waals surface area contributed by atoms with E-state index >= 15 is 0 Å². The van der Waals surface area contributed by atoms with Gasteiger partial charge in [0, 0.05) is 19.0 Å². The van der Waals surface area contributed by atoms with Gasteiger partial charge >= 0.3 is 0 Å². The van der Waals surface area contributed by atoms with Gasteiger partial charge in [0.1, 0.15) is 11.4 Å². The highest BCUT2D eigenvalue weighted by Gasteiger charge is 2.13. The highest BCUT2D eigenvalue weighted by molar-refractivity contribution is 5.92. The Morgan fingerprint density at radius 2 is 1.70 bits per heavy atom. The number of benzene rings is 2. The molecule has 9 nitrogen and oxygen atoms in total. The van der Waals surface area contributed by atoms with E-state index in [9.17, 15) is 19.7 Å². The van der Waals surface area contributed by atoms with Crippen molar-refractivity contribution in [3.8, 4) is 5.75 Å². The molecule has 0 aromatic heterocycles. The molecule has 27 heavy (non-hydrogen) atoms. The van der Waals surface area contributed by atoms with Crippen LogP contribution in [-0.4, -0.2) is 29.9 Å². The van der Waals surface area contributed by atoms with Crippen molar-refractivity contribution in [1.82, 2.24) is 0 Å². The molecule has 0 unspecified atom stereocenters. The topological polar surface area (TPSA) is 137 Å². The van der Waals surface area contributed by atoms with Crippen LogP contribution in [0.3, 0.4) is 0 Å². The van der Waals surface area contributed by atoms with Gasteiger partial charge in [0.2, 0.25) is 11.8 Å². The monoisotopic (exact) mass is 372 g/mol. The SMILES string of the molecule is NC(=O)CCOc1ccccc1NC(=O)CCNc1ccccc1[N+](=O)[O-]. The second kappa shape index (κ2) is 9.76. The molecule has 2 amide bonds. The summed E-state index contributed by atoms with van der Waals surface area (Å²) in [6.45, 7) is 0.336. The fraction of sp³-hybridized carbons (Fsp3) is 0.222. The number of nitrogens with two attached hydrogens (primary N) is 1. The summed E-state index contributed by atoms with van der Waals surface area (Å²) in [5, 5.41) is 16.6. The number of carbonyl (C=O) groups is 2. The molecule has 4 N–H and O–H groups in total. The van der Waals surface area contributed by atoms with Gasteiger partial charge in [-0.2, -0.15) is 0 Å². The molecular formula is C18H20N4O5. The number of hydrogen-bond acceptors (Lipinski definition) is 6. The van der Waals surface area contributed by atoms with Crippen molar-refractivity contribution in [2.45, 2.75) is 12.8 Å². The highest BCUT2D eigenvalue weighted by Crippen LogP contribution is 2.25. The van der Waals surface area contributed by atoms with Crippen LogP contribution in [0.4, 0.5) is 17.1 Å². The number of nitrogens with zero attached hydrogens (tertiary/aromatic N) is 1. The number of carbonyl (C=O) groups excluding carboxylic acids is 2. The van der Waals surface area contributed by atoms with Crippen LogP contribution in [0.15, 0.2) is 48.5 Å². The van der Waals surface area contributed by atoms with E-state index in [0.717, 1.165) is 0 Å². The first-order valence-electron chi connectivity index (χ1n) is 8.24. The van der Waals surface area contributed by atoms with Crippen molar-refractivity contribution in [3.63, 3.8) is 0 Å². The average Bonchev–Trinajstić information content (AvgIpc) is 2.63. The van der Waals surface area contributed by atoms with Gasteiger partial charge in [-0.1, -0.05) is 24.3 Å². The minimum Gasteiger partial charge on any atom is -0.491 e. The zero-order chi connectivity index (χ0) is 19.6. The van der Waals surface area contributed by atoms with Crippen LogP contribution in [0.2, 0.25) is 0 Å². The molecule has 0 aliphatic rings. The lowest BCUT2D eigenvalue weighted by molar-refractivity contribution is -0.384. The minimum absolute atomic E-state index is 0.0499. The van der Waals surface area contributed by atoms with Crippen LogP contribution in [0.25, 0.3) is 0 Å². The molecule has 0 fully saturated rings. The molecule has 0 radical (unpaired) electrons. The Labute approximate surface area is 155 Å². The maximum Gasteiger partial charge on any atom is 0.292 e. The summed E-state index contributed by atoms with van der Waals surface area (Å²) in [7, 11) is 0. The van der Waals surface area contributed by atoms with Crippen molar-refractivity contribution >= 4 is 28.9 Å². The van der Waals surface area contributed by atoms with Gasteiger partial charge in [-0.25, -0.2) is 0 Å². The van der Waals surface area contributed by atoms with Crippen molar-refractivity contribution in [2.24, 2.45) is 5.73 Å². The summed E-state index contributed by atoms with van der Waals surface area (Å²) in [6.07, 6.45) is 0.170. The first kappa shape index (κ1) is 19.7. The summed E-state index contributed by atoms with van der Waals surface area (Å²) in [5.74, 6) is -0.330. The van der Waals surface area contributed by atoms with E-state index in [1.807, 2.05) is 0 Å². The van der Waals surface area contributed by atoms with Crippen LogP contribution in [0.1, 0.15) is 12.8 Å². The number of nitro groups is 1. The predicted octanol–water partition coefficient (Wildman–Crippen LogP) is 2.29. The van der Waals surface area contributed by atoms with Crippen LogP contribution in [-0.2, 0) is 9.59 Å².